The van der Waals surface area contributed by atoms with Gasteiger partial charge >= 0.3 is 88.7 Å². The molecular formula is C9H12BrGeN. The van der Waals surface area contributed by atoms with E-state index in [0.29, 0.717) is 4.25 Å². The number of halogens is 1. The van der Waals surface area contributed by atoms with Gasteiger partial charge in [0.1, 0.15) is 0 Å². The molecule has 0 bridgehead atoms. The molecule has 0 N–H and O–H groups in total. The molecule has 0 spiro atoms. The second kappa shape index (κ2) is 3.92. The first-order valence-electron chi connectivity index (χ1n) is 3.87. The normalized spacial score (nSPS) is 11.7. The Morgan fingerprint density at radius 1 is 1.33 bits per heavy atom. The summed E-state index contributed by atoms with van der Waals surface area (Å²) in [6.45, 7) is 6.86. The molecular weight excluding hydrogens is 275 g/mol. The van der Waals surface area contributed by atoms with Crippen molar-refractivity contribution >= 4 is 35.8 Å². The summed E-state index contributed by atoms with van der Waals surface area (Å²) in [7, 11) is 0. The first-order chi connectivity index (χ1) is 5.47. The third kappa shape index (κ3) is 3.72. The van der Waals surface area contributed by atoms with E-state index in [1.165, 1.54) is 4.40 Å². The molecule has 1 rings (SSSR count). The van der Waals surface area contributed by atoms with Crippen LogP contribution in [-0.2, 0) is 0 Å². The molecule has 0 fully saturated rings. The zero-order valence-corrected chi connectivity index (χ0v) is 11.2. The summed E-state index contributed by atoms with van der Waals surface area (Å²) in [4.78, 5) is 4.21. The molecule has 0 aliphatic rings. The SMILES string of the molecule is C[C](C)(C)[Ge][c]1ccc(Br)nc1. The Balaban J connectivity index is 2.71. The fourth-order valence-electron chi connectivity index (χ4n) is 0.883. The summed E-state index contributed by atoms with van der Waals surface area (Å²) in [5, 5.41) is 0. The maximum absolute atomic E-state index is 4.21. The molecule has 0 saturated heterocycles. The van der Waals surface area contributed by atoms with Crippen LogP contribution in [0.4, 0.5) is 0 Å². The van der Waals surface area contributed by atoms with E-state index in [2.05, 4.69) is 47.8 Å². The number of aromatic nitrogens is 1. The van der Waals surface area contributed by atoms with Crippen LogP contribution in [0.2, 0.25) is 4.25 Å². The molecule has 0 amide bonds. The fraction of sp³-hybridized carbons (Fsp3) is 0.444. The average Bonchev–Trinajstić information content (AvgIpc) is 1.91. The Bertz CT molecular complexity index is 250. The van der Waals surface area contributed by atoms with Crippen molar-refractivity contribution in [2.45, 2.75) is 25.0 Å². The van der Waals surface area contributed by atoms with Crippen LogP contribution < -0.4 is 4.40 Å². The van der Waals surface area contributed by atoms with E-state index < -0.39 is 0 Å². The second-order valence-corrected chi connectivity index (χ2v) is 9.44. The molecule has 1 aromatic rings. The Hall–Kier alpha value is 0.173. The van der Waals surface area contributed by atoms with Crippen molar-refractivity contribution in [1.82, 2.24) is 4.98 Å². The average molecular weight is 287 g/mol. The Morgan fingerprint density at radius 3 is 2.42 bits per heavy atom. The van der Waals surface area contributed by atoms with Crippen molar-refractivity contribution in [1.29, 1.82) is 0 Å². The van der Waals surface area contributed by atoms with Crippen LogP contribution in [0.3, 0.4) is 0 Å². The predicted molar refractivity (Wildman–Crippen MR) is 57.0 cm³/mol. The van der Waals surface area contributed by atoms with Gasteiger partial charge in [0.2, 0.25) is 0 Å². The van der Waals surface area contributed by atoms with Crippen molar-refractivity contribution in [3.63, 3.8) is 0 Å². The summed E-state index contributed by atoms with van der Waals surface area (Å²) in [6.07, 6.45) is 1.98. The molecule has 0 unspecified atom stereocenters. The second-order valence-electron chi connectivity index (χ2n) is 3.74. The van der Waals surface area contributed by atoms with Gasteiger partial charge in [0.15, 0.2) is 0 Å². The monoisotopic (exact) mass is 287 g/mol. The molecule has 0 aliphatic heterocycles. The van der Waals surface area contributed by atoms with E-state index >= 15 is 0 Å². The fourth-order valence-corrected chi connectivity index (χ4v) is 3.55. The van der Waals surface area contributed by atoms with Crippen LogP contribution in [0.15, 0.2) is 22.9 Å². The van der Waals surface area contributed by atoms with Gasteiger partial charge in [-0.15, -0.1) is 0 Å². The van der Waals surface area contributed by atoms with Gasteiger partial charge in [0.05, 0.1) is 0 Å². The summed E-state index contributed by atoms with van der Waals surface area (Å²) in [6, 6.07) is 4.19. The molecule has 0 aromatic carbocycles. The molecule has 0 aliphatic carbocycles. The molecule has 1 nitrogen and oxygen atoms in total. The van der Waals surface area contributed by atoms with E-state index in [9.17, 15) is 0 Å². The van der Waals surface area contributed by atoms with Crippen LogP contribution >= 0.6 is 15.9 Å². The van der Waals surface area contributed by atoms with Gasteiger partial charge in [-0.05, 0) is 0 Å². The van der Waals surface area contributed by atoms with Gasteiger partial charge < -0.3 is 0 Å². The summed E-state index contributed by atoms with van der Waals surface area (Å²) < 4.78 is 2.81. The first-order valence-corrected chi connectivity index (χ1v) is 6.76. The van der Waals surface area contributed by atoms with Crippen LogP contribution in [0, 0.1) is 0 Å². The summed E-state index contributed by atoms with van der Waals surface area (Å²) in [5.41, 5.74) is 0. The van der Waals surface area contributed by atoms with Crippen LogP contribution in [0.1, 0.15) is 20.8 Å². The van der Waals surface area contributed by atoms with Gasteiger partial charge in [0, 0.05) is 0 Å². The minimum atomic E-state index is -0.0475. The molecule has 0 saturated carbocycles. The van der Waals surface area contributed by atoms with Crippen molar-refractivity contribution in [2.24, 2.45) is 0 Å². The Labute approximate surface area is 88.6 Å². The van der Waals surface area contributed by atoms with Gasteiger partial charge in [-0.2, -0.15) is 0 Å². The quantitative estimate of drug-likeness (QED) is 0.571. The molecule has 12 heavy (non-hydrogen) atoms. The number of pyridine rings is 1. The summed E-state index contributed by atoms with van der Waals surface area (Å²) in [5.74, 6) is 0. The van der Waals surface area contributed by atoms with Gasteiger partial charge in [-0.3, -0.25) is 0 Å². The summed E-state index contributed by atoms with van der Waals surface area (Å²) >= 11 is 3.28. The number of hydrogen-bond donors (Lipinski definition) is 0. The molecule has 3 heteroatoms. The standard InChI is InChI=1S/C9H12BrGeN/c1-9(2,3)11-7-4-5-8(10)12-6-7/h4-6H,1-3H3. The van der Waals surface area contributed by atoms with E-state index in [4.69, 9.17) is 0 Å². The van der Waals surface area contributed by atoms with E-state index in [1.807, 2.05) is 12.3 Å². The molecule has 0 atom stereocenters. The third-order valence-corrected chi connectivity index (χ3v) is 4.52. The van der Waals surface area contributed by atoms with Crippen LogP contribution in [0.5, 0.6) is 0 Å². The van der Waals surface area contributed by atoms with Gasteiger partial charge in [-0.25, -0.2) is 0 Å². The predicted octanol–water partition coefficient (Wildman–Crippen LogP) is 2.39. The van der Waals surface area contributed by atoms with E-state index in [1.54, 1.807) is 0 Å². The maximum atomic E-state index is 4.21. The van der Waals surface area contributed by atoms with Crippen molar-refractivity contribution in [2.75, 3.05) is 0 Å². The minimum absolute atomic E-state index is 0.0475. The van der Waals surface area contributed by atoms with Gasteiger partial charge in [0.25, 0.3) is 0 Å². The Kier molecular flexibility index (Phi) is 3.35. The zero-order chi connectivity index (χ0) is 9.19. The first kappa shape index (κ1) is 10.3. The van der Waals surface area contributed by atoms with E-state index in [0.717, 1.165) is 4.60 Å². The van der Waals surface area contributed by atoms with Gasteiger partial charge in [-0.1, -0.05) is 0 Å². The number of rotatable bonds is 1. The number of nitrogens with zero attached hydrogens (tertiary/aromatic N) is 1. The Morgan fingerprint density at radius 2 is 2.00 bits per heavy atom. The topological polar surface area (TPSA) is 12.9 Å². The molecule has 2 radical (unpaired) electrons. The zero-order valence-electron chi connectivity index (χ0n) is 7.56. The van der Waals surface area contributed by atoms with E-state index in [-0.39, 0.29) is 15.4 Å². The number of hydrogen-bond acceptors (Lipinski definition) is 1. The molecule has 64 valence electrons. The van der Waals surface area contributed by atoms with Crippen molar-refractivity contribution in [3.05, 3.63) is 22.9 Å². The third-order valence-electron chi connectivity index (χ3n) is 1.25. The van der Waals surface area contributed by atoms with Crippen molar-refractivity contribution in [3.8, 4) is 0 Å². The van der Waals surface area contributed by atoms with Crippen molar-refractivity contribution < 1.29 is 0 Å². The van der Waals surface area contributed by atoms with Crippen LogP contribution in [0.25, 0.3) is 0 Å². The molecule has 1 heterocycles. The molecule has 1 aromatic heterocycles. The van der Waals surface area contributed by atoms with Crippen LogP contribution in [-0.4, -0.2) is 20.4 Å².